The van der Waals surface area contributed by atoms with Crippen LogP contribution in [0.3, 0.4) is 0 Å². The van der Waals surface area contributed by atoms with E-state index in [-0.39, 0.29) is 11.0 Å². The molecule has 2 N–H and O–H groups in total. The van der Waals surface area contributed by atoms with Gasteiger partial charge < -0.3 is 5.32 Å². The van der Waals surface area contributed by atoms with Crippen LogP contribution in [0.1, 0.15) is 35.7 Å². The fourth-order valence-corrected chi connectivity index (χ4v) is 2.50. The zero-order valence-electron chi connectivity index (χ0n) is 12.4. The predicted octanol–water partition coefficient (Wildman–Crippen LogP) is 4.70. The van der Waals surface area contributed by atoms with Crippen LogP contribution >= 0.6 is 28.1 Å². The first-order valence-corrected chi connectivity index (χ1v) is 8.14. The van der Waals surface area contributed by atoms with E-state index in [0.29, 0.717) is 11.5 Å². The summed E-state index contributed by atoms with van der Waals surface area (Å²) in [7, 11) is 0. The zero-order valence-corrected chi connectivity index (χ0v) is 14.8. The van der Waals surface area contributed by atoms with Crippen LogP contribution < -0.4 is 10.6 Å². The summed E-state index contributed by atoms with van der Waals surface area (Å²) >= 11 is 8.60. The number of benzene rings is 2. The maximum absolute atomic E-state index is 12.2. The largest absolute Gasteiger partial charge is 0.331 e. The van der Waals surface area contributed by atoms with Gasteiger partial charge in [0.1, 0.15) is 0 Å². The number of nitrogens with one attached hydrogen (secondary N) is 2. The van der Waals surface area contributed by atoms with Crippen molar-refractivity contribution in [2.75, 3.05) is 5.32 Å². The molecule has 0 spiro atoms. The van der Waals surface area contributed by atoms with Crippen LogP contribution in [0.5, 0.6) is 0 Å². The van der Waals surface area contributed by atoms with Crippen LogP contribution in [0.25, 0.3) is 0 Å². The Morgan fingerprint density at radius 3 is 2.32 bits per heavy atom. The Hall–Kier alpha value is -1.72. The second kappa shape index (κ2) is 7.51. The highest BCUT2D eigenvalue weighted by Gasteiger charge is 2.09. The molecule has 0 unspecified atom stereocenters. The van der Waals surface area contributed by atoms with E-state index >= 15 is 0 Å². The van der Waals surface area contributed by atoms with Gasteiger partial charge in [-0.25, -0.2) is 0 Å². The fraction of sp³-hybridized carbons (Fsp3) is 0.176. The molecule has 0 aliphatic heterocycles. The predicted molar refractivity (Wildman–Crippen MR) is 98.4 cm³/mol. The molecule has 5 heteroatoms. The Bertz CT molecular complexity index is 683. The SMILES string of the molecule is CC(C)c1ccc(C(=O)NC(=S)Nc2ccccc2Br)cc1. The smallest absolute Gasteiger partial charge is 0.257 e. The molecule has 0 fully saturated rings. The van der Waals surface area contributed by atoms with E-state index in [0.717, 1.165) is 10.2 Å². The van der Waals surface area contributed by atoms with Crippen molar-refractivity contribution in [3.63, 3.8) is 0 Å². The van der Waals surface area contributed by atoms with Gasteiger partial charge in [0.25, 0.3) is 5.91 Å². The molecule has 0 saturated heterocycles. The van der Waals surface area contributed by atoms with Crippen LogP contribution in [-0.2, 0) is 0 Å². The number of rotatable bonds is 3. The van der Waals surface area contributed by atoms with Crippen molar-refractivity contribution in [2.45, 2.75) is 19.8 Å². The van der Waals surface area contributed by atoms with Gasteiger partial charge in [-0.05, 0) is 63.9 Å². The lowest BCUT2D eigenvalue weighted by atomic mass is 10.0. The van der Waals surface area contributed by atoms with Gasteiger partial charge in [0, 0.05) is 10.0 Å². The highest BCUT2D eigenvalue weighted by Crippen LogP contribution is 2.21. The molecule has 22 heavy (non-hydrogen) atoms. The first-order chi connectivity index (χ1) is 10.5. The number of carbonyl (C=O) groups is 1. The summed E-state index contributed by atoms with van der Waals surface area (Å²) in [5.41, 5.74) is 2.59. The van der Waals surface area contributed by atoms with Crippen LogP contribution in [0.2, 0.25) is 0 Å². The molecule has 2 aromatic rings. The van der Waals surface area contributed by atoms with Gasteiger partial charge in [-0.15, -0.1) is 0 Å². The quantitative estimate of drug-likeness (QED) is 0.762. The van der Waals surface area contributed by atoms with Crippen molar-refractivity contribution in [1.29, 1.82) is 0 Å². The number of anilines is 1. The molecule has 0 atom stereocenters. The van der Waals surface area contributed by atoms with Crippen molar-refractivity contribution in [3.8, 4) is 0 Å². The monoisotopic (exact) mass is 376 g/mol. The maximum Gasteiger partial charge on any atom is 0.257 e. The molecule has 0 aliphatic carbocycles. The van der Waals surface area contributed by atoms with Gasteiger partial charge in [0.05, 0.1) is 5.69 Å². The first kappa shape index (κ1) is 16.6. The standard InChI is InChI=1S/C17H17BrN2OS/c1-11(2)12-7-9-13(10-8-12)16(21)20-17(22)19-15-6-4-3-5-14(15)18/h3-11H,1-2H3,(H2,19,20,21,22). The molecule has 0 saturated carbocycles. The number of thiocarbonyl (C=S) groups is 1. The number of hydrogen-bond acceptors (Lipinski definition) is 2. The Labute approximate surface area is 144 Å². The summed E-state index contributed by atoms with van der Waals surface area (Å²) < 4.78 is 0.882. The van der Waals surface area contributed by atoms with E-state index in [9.17, 15) is 4.79 Å². The van der Waals surface area contributed by atoms with Gasteiger partial charge in [0.15, 0.2) is 5.11 Å². The topological polar surface area (TPSA) is 41.1 Å². The van der Waals surface area contributed by atoms with Crippen molar-refractivity contribution in [3.05, 3.63) is 64.1 Å². The van der Waals surface area contributed by atoms with Gasteiger partial charge in [0.2, 0.25) is 0 Å². The van der Waals surface area contributed by atoms with Gasteiger partial charge in [-0.1, -0.05) is 38.1 Å². The molecular weight excluding hydrogens is 360 g/mol. The van der Waals surface area contributed by atoms with Gasteiger partial charge in [-0.2, -0.15) is 0 Å². The molecule has 0 aromatic heterocycles. The minimum absolute atomic E-state index is 0.222. The molecule has 0 bridgehead atoms. The number of halogens is 1. The maximum atomic E-state index is 12.2. The van der Waals surface area contributed by atoms with Crippen molar-refractivity contribution in [1.82, 2.24) is 5.32 Å². The molecule has 2 rings (SSSR count). The Morgan fingerprint density at radius 1 is 1.09 bits per heavy atom. The molecule has 3 nitrogen and oxygen atoms in total. The summed E-state index contributed by atoms with van der Waals surface area (Å²) in [5.74, 6) is 0.218. The number of para-hydroxylation sites is 1. The van der Waals surface area contributed by atoms with E-state index < -0.39 is 0 Å². The Balaban J connectivity index is 1.99. The van der Waals surface area contributed by atoms with Crippen molar-refractivity contribution < 1.29 is 4.79 Å². The summed E-state index contributed by atoms with van der Waals surface area (Å²) in [4.78, 5) is 12.2. The second-order valence-corrected chi connectivity index (χ2v) is 6.43. The lowest BCUT2D eigenvalue weighted by molar-refractivity contribution is 0.0977. The molecule has 2 aromatic carbocycles. The molecule has 0 aliphatic rings. The lowest BCUT2D eigenvalue weighted by Crippen LogP contribution is -2.34. The molecule has 0 heterocycles. The fourth-order valence-electron chi connectivity index (χ4n) is 1.91. The second-order valence-electron chi connectivity index (χ2n) is 5.16. The Morgan fingerprint density at radius 2 is 1.73 bits per heavy atom. The Kier molecular flexibility index (Phi) is 5.69. The van der Waals surface area contributed by atoms with Crippen LogP contribution in [0.15, 0.2) is 53.0 Å². The van der Waals surface area contributed by atoms with Crippen molar-refractivity contribution >= 4 is 44.9 Å². The summed E-state index contributed by atoms with van der Waals surface area (Å²) in [5, 5.41) is 5.94. The highest BCUT2D eigenvalue weighted by atomic mass is 79.9. The molecule has 114 valence electrons. The van der Waals surface area contributed by atoms with E-state index in [1.165, 1.54) is 5.56 Å². The first-order valence-electron chi connectivity index (χ1n) is 6.94. The van der Waals surface area contributed by atoms with E-state index in [1.807, 2.05) is 48.5 Å². The summed E-state index contributed by atoms with van der Waals surface area (Å²) in [6.45, 7) is 4.23. The normalized spacial score (nSPS) is 10.4. The van der Waals surface area contributed by atoms with E-state index in [2.05, 4.69) is 40.4 Å². The third kappa shape index (κ3) is 4.39. The molecule has 0 radical (unpaired) electrons. The van der Waals surface area contributed by atoms with Crippen LogP contribution in [0.4, 0.5) is 5.69 Å². The summed E-state index contributed by atoms with van der Waals surface area (Å²) in [6, 6.07) is 15.1. The van der Waals surface area contributed by atoms with E-state index in [4.69, 9.17) is 12.2 Å². The minimum Gasteiger partial charge on any atom is -0.331 e. The van der Waals surface area contributed by atoms with Gasteiger partial charge in [-0.3, -0.25) is 10.1 Å². The molecule has 1 amide bonds. The highest BCUT2D eigenvalue weighted by molar-refractivity contribution is 9.10. The average molecular weight is 377 g/mol. The average Bonchev–Trinajstić information content (AvgIpc) is 2.49. The van der Waals surface area contributed by atoms with Crippen LogP contribution in [0, 0.1) is 0 Å². The lowest BCUT2D eigenvalue weighted by Gasteiger charge is -2.11. The van der Waals surface area contributed by atoms with Gasteiger partial charge >= 0.3 is 0 Å². The summed E-state index contributed by atoms with van der Waals surface area (Å²) in [6.07, 6.45) is 0. The zero-order chi connectivity index (χ0) is 16.1. The van der Waals surface area contributed by atoms with E-state index in [1.54, 1.807) is 0 Å². The third-order valence-electron chi connectivity index (χ3n) is 3.19. The third-order valence-corrected chi connectivity index (χ3v) is 4.08. The number of hydrogen-bond donors (Lipinski definition) is 2. The molecular formula is C17H17BrN2OS. The van der Waals surface area contributed by atoms with Crippen LogP contribution in [-0.4, -0.2) is 11.0 Å². The number of carbonyl (C=O) groups excluding carboxylic acids is 1. The van der Waals surface area contributed by atoms with Crippen molar-refractivity contribution in [2.24, 2.45) is 0 Å². The minimum atomic E-state index is -0.222. The number of amides is 1.